The average Bonchev–Trinajstić information content (AvgIpc) is 3.03. The molecule has 148 valence electrons. The minimum Gasteiger partial charge on any atom is -0.496 e. The van der Waals surface area contributed by atoms with Gasteiger partial charge in [0.1, 0.15) is 11.5 Å². The van der Waals surface area contributed by atoms with Gasteiger partial charge in [-0.15, -0.1) is 12.4 Å². The number of piperidine rings is 1. The zero-order valence-electron chi connectivity index (χ0n) is 16.0. The Kier molecular flexibility index (Phi) is 7.04. The molecular weight excluding hydrogens is 370 g/mol. The van der Waals surface area contributed by atoms with E-state index in [2.05, 4.69) is 20.7 Å². The lowest BCUT2D eigenvalue weighted by atomic mass is 9.98. The minimum atomic E-state index is -0.283. The number of nitrogens with zero attached hydrogens (tertiary/aromatic N) is 3. The summed E-state index contributed by atoms with van der Waals surface area (Å²) < 4.78 is 12.3. The van der Waals surface area contributed by atoms with Crippen molar-refractivity contribution in [2.75, 3.05) is 32.6 Å². The number of carbonyl (C=O) groups excluding carboxylic acids is 1. The van der Waals surface area contributed by atoms with Gasteiger partial charge in [-0.2, -0.15) is 10.1 Å². The van der Waals surface area contributed by atoms with Gasteiger partial charge in [0, 0.05) is 24.1 Å². The summed E-state index contributed by atoms with van der Waals surface area (Å²) in [4.78, 5) is 17.2. The summed E-state index contributed by atoms with van der Waals surface area (Å²) in [5, 5.41) is 10.6. The van der Waals surface area contributed by atoms with Crippen LogP contribution in [0, 0.1) is 6.92 Å². The summed E-state index contributed by atoms with van der Waals surface area (Å²) in [5.74, 6) is 2.46. The molecule has 8 nitrogen and oxygen atoms in total. The second-order valence-electron chi connectivity index (χ2n) is 6.40. The minimum absolute atomic E-state index is 0. The highest BCUT2D eigenvalue weighted by Crippen LogP contribution is 2.30. The highest BCUT2D eigenvalue weighted by Gasteiger charge is 2.22. The predicted molar refractivity (Wildman–Crippen MR) is 105 cm³/mol. The lowest BCUT2D eigenvalue weighted by molar-refractivity contribution is 0.102. The monoisotopic (exact) mass is 395 g/mol. The number of amides is 1. The Labute approximate surface area is 165 Å². The molecule has 0 aliphatic carbocycles. The maximum Gasteiger partial charge on any atom is 0.258 e. The standard InChI is InChI=1S/C18H25N5O3.ClH/c1-11-14(25-3)9-13(10-15(11)26-4)17(24)21-18-20-16(22-23(18)2)12-5-7-19-8-6-12;/h9-10,12,19H,5-8H2,1-4H3,(H,20,21,22,24);1H. The molecule has 1 aliphatic heterocycles. The number of halogens is 1. The maximum atomic E-state index is 12.7. The second-order valence-corrected chi connectivity index (χ2v) is 6.40. The van der Waals surface area contributed by atoms with E-state index in [0.717, 1.165) is 37.3 Å². The highest BCUT2D eigenvalue weighted by atomic mass is 35.5. The van der Waals surface area contributed by atoms with Crippen molar-refractivity contribution in [2.24, 2.45) is 7.05 Å². The number of hydrogen-bond acceptors (Lipinski definition) is 6. The van der Waals surface area contributed by atoms with Crippen molar-refractivity contribution in [2.45, 2.75) is 25.7 Å². The molecule has 0 radical (unpaired) electrons. The fourth-order valence-corrected chi connectivity index (χ4v) is 3.16. The third-order valence-corrected chi connectivity index (χ3v) is 4.72. The first-order valence-electron chi connectivity index (χ1n) is 8.69. The number of anilines is 1. The van der Waals surface area contributed by atoms with Crippen molar-refractivity contribution in [3.05, 3.63) is 29.1 Å². The number of methoxy groups -OCH3 is 2. The van der Waals surface area contributed by atoms with Crippen LogP contribution in [-0.4, -0.2) is 48.0 Å². The molecule has 0 bridgehead atoms. The molecule has 1 aromatic carbocycles. The first-order chi connectivity index (χ1) is 12.5. The molecule has 1 saturated heterocycles. The van der Waals surface area contributed by atoms with Gasteiger partial charge in [0.25, 0.3) is 5.91 Å². The van der Waals surface area contributed by atoms with Crippen molar-refractivity contribution in [3.63, 3.8) is 0 Å². The molecule has 0 unspecified atom stereocenters. The molecule has 3 rings (SSSR count). The second kappa shape index (κ2) is 9.05. The number of hydrogen-bond donors (Lipinski definition) is 2. The van der Waals surface area contributed by atoms with Gasteiger partial charge < -0.3 is 14.8 Å². The van der Waals surface area contributed by atoms with Crippen LogP contribution in [0.1, 0.15) is 40.5 Å². The van der Waals surface area contributed by atoms with E-state index in [1.807, 2.05) is 6.92 Å². The van der Waals surface area contributed by atoms with E-state index >= 15 is 0 Å². The van der Waals surface area contributed by atoms with E-state index in [1.165, 1.54) is 0 Å². The lowest BCUT2D eigenvalue weighted by Gasteiger charge is -2.19. The predicted octanol–water partition coefficient (Wildman–Crippen LogP) is 2.28. The van der Waals surface area contributed by atoms with Gasteiger partial charge in [-0.05, 0) is 45.0 Å². The van der Waals surface area contributed by atoms with Crippen LogP contribution in [0.25, 0.3) is 0 Å². The lowest BCUT2D eigenvalue weighted by Crippen LogP contribution is -2.27. The van der Waals surface area contributed by atoms with Crippen LogP contribution < -0.4 is 20.1 Å². The quantitative estimate of drug-likeness (QED) is 0.807. The van der Waals surface area contributed by atoms with Gasteiger partial charge in [-0.25, -0.2) is 4.68 Å². The van der Waals surface area contributed by atoms with E-state index in [-0.39, 0.29) is 18.3 Å². The van der Waals surface area contributed by atoms with Crippen LogP contribution in [0.4, 0.5) is 5.95 Å². The van der Waals surface area contributed by atoms with Crippen LogP contribution >= 0.6 is 12.4 Å². The van der Waals surface area contributed by atoms with Crippen LogP contribution in [0.3, 0.4) is 0 Å². The van der Waals surface area contributed by atoms with E-state index in [9.17, 15) is 4.79 Å². The number of carbonyl (C=O) groups is 1. The Bertz CT molecular complexity index is 777. The molecule has 2 N–H and O–H groups in total. The molecule has 27 heavy (non-hydrogen) atoms. The van der Waals surface area contributed by atoms with Crippen molar-refractivity contribution in [1.82, 2.24) is 20.1 Å². The zero-order valence-corrected chi connectivity index (χ0v) is 16.9. The third-order valence-electron chi connectivity index (χ3n) is 4.72. The molecule has 1 aliphatic rings. The average molecular weight is 396 g/mol. The first kappa shape index (κ1) is 21.0. The number of rotatable bonds is 5. The van der Waals surface area contributed by atoms with Crippen LogP contribution in [0.2, 0.25) is 0 Å². The van der Waals surface area contributed by atoms with E-state index in [1.54, 1.807) is 38.1 Å². The van der Waals surface area contributed by atoms with Gasteiger partial charge in [0.2, 0.25) is 5.95 Å². The Morgan fingerprint density at radius 3 is 2.37 bits per heavy atom. The van der Waals surface area contributed by atoms with Crippen molar-refractivity contribution in [3.8, 4) is 11.5 Å². The smallest absolute Gasteiger partial charge is 0.258 e. The molecule has 0 atom stereocenters. The Morgan fingerprint density at radius 1 is 1.22 bits per heavy atom. The number of aryl methyl sites for hydroxylation is 1. The SMILES string of the molecule is COc1cc(C(=O)Nc2nc(C3CCNCC3)nn2C)cc(OC)c1C.Cl. The molecule has 0 spiro atoms. The first-order valence-corrected chi connectivity index (χ1v) is 8.69. The number of ether oxygens (including phenoxy) is 2. The van der Waals surface area contributed by atoms with Gasteiger partial charge in [0.05, 0.1) is 14.2 Å². The van der Waals surface area contributed by atoms with E-state index < -0.39 is 0 Å². The number of benzene rings is 1. The Hall–Kier alpha value is -2.32. The summed E-state index contributed by atoms with van der Waals surface area (Å²) in [6, 6.07) is 3.38. The van der Waals surface area contributed by atoms with Gasteiger partial charge in [-0.3, -0.25) is 10.1 Å². The van der Waals surface area contributed by atoms with Crippen LogP contribution in [0.15, 0.2) is 12.1 Å². The normalized spacial score (nSPS) is 14.4. The van der Waals surface area contributed by atoms with E-state index in [4.69, 9.17) is 9.47 Å². The third kappa shape index (κ3) is 4.51. The molecule has 0 saturated carbocycles. The maximum absolute atomic E-state index is 12.7. The fraction of sp³-hybridized carbons (Fsp3) is 0.500. The Morgan fingerprint density at radius 2 is 1.81 bits per heavy atom. The van der Waals surface area contributed by atoms with Gasteiger partial charge in [0.15, 0.2) is 5.82 Å². The Balaban J connectivity index is 0.00000261. The van der Waals surface area contributed by atoms with Crippen molar-refractivity contribution < 1.29 is 14.3 Å². The van der Waals surface area contributed by atoms with Crippen molar-refractivity contribution in [1.29, 1.82) is 0 Å². The highest BCUT2D eigenvalue weighted by molar-refractivity contribution is 6.04. The van der Waals surface area contributed by atoms with Crippen LogP contribution in [0.5, 0.6) is 11.5 Å². The summed E-state index contributed by atoms with van der Waals surface area (Å²) in [6.07, 6.45) is 2.01. The molecule has 1 fully saturated rings. The summed E-state index contributed by atoms with van der Waals surface area (Å²) in [5.41, 5.74) is 1.29. The summed E-state index contributed by atoms with van der Waals surface area (Å²) in [6.45, 7) is 3.81. The molecule has 2 heterocycles. The van der Waals surface area contributed by atoms with Crippen molar-refractivity contribution >= 4 is 24.3 Å². The van der Waals surface area contributed by atoms with E-state index in [0.29, 0.717) is 28.9 Å². The zero-order chi connectivity index (χ0) is 18.7. The molecule has 2 aromatic rings. The van der Waals surface area contributed by atoms with Gasteiger partial charge in [-0.1, -0.05) is 0 Å². The number of nitrogens with one attached hydrogen (secondary N) is 2. The summed E-state index contributed by atoms with van der Waals surface area (Å²) >= 11 is 0. The topological polar surface area (TPSA) is 90.3 Å². The largest absolute Gasteiger partial charge is 0.496 e. The molecule has 1 aromatic heterocycles. The molecule has 1 amide bonds. The molecular formula is C18H26ClN5O3. The van der Waals surface area contributed by atoms with Crippen LogP contribution in [-0.2, 0) is 7.05 Å². The van der Waals surface area contributed by atoms with Gasteiger partial charge >= 0.3 is 0 Å². The summed E-state index contributed by atoms with van der Waals surface area (Å²) in [7, 11) is 4.92. The fourth-order valence-electron chi connectivity index (χ4n) is 3.16. The molecule has 9 heteroatoms. The number of aromatic nitrogens is 3.